The van der Waals surface area contributed by atoms with Crippen LogP contribution in [-0.2, 0) is 9.53 Å². The predicted molar refractivity (Wildman–Crippen MR) is 80.3 cm³/mol. The van der Waals surface area contributed by atoms with Gasteiger partial charge in [-0.25, -0.2) is 0 Å². The minimum atomic E-state index is -0.0664. The van der Waals surface area contributed by atoms with Crippen LogP contribution in [0.2, 0.25) is 0 Å². The lowest BCUT2D eigenvalue weighted by atomic mass is 9.77. The second-order valence-corrected chi connectivity index (χ2v) is 6.49. The highest BCUT2D eigenvalue weighted by molar-refractivity contribution is 5.69. The minimum Gasteiger partial charge on any atom is -0.466 e. The highest BCUT2D eigenvalue weighted by Gasteiger charge is 2.35. The zero-order valence-electron chi connectivity index (χ0n) is 13.0. The first-order valence-corrected chi connectivity index (χ1v) is 8.29. The third-order valence-electron chi connectivity index (χ3n) is 4.94. The Balaban J connectivity index is 1.90. The fourth-order valence-corrected chi connectivity index (χ4v) is 3.87. The van der Waals surface area contributed by atoms with E-state index in [9.17, 15) is 4.79 Å². The molecule has 0 amide bonds. The van der Waals surface area contributed by atoms with Crippen LogP contribution in [0.15, 0.2) is 0 Å². The average Bonchev–Trinajstić information content (AvgIpc) is 2.32. The second-order valence-electron chi connectivity index (χ2n) is 6.49. The maximum atomic E-state index is 11.7. The molecule has 1 saturated carbocycles. The number of carbonyl (C=O) groups is 1. The summed E-state index contributed by atoms with van der Waals surface area (Å²) in [6, 6.07) is 0.872. The molecular formula is C16H30N2O2. The molecule has 116 valence electrons. The maximum absolute atomic E-state index is 11.7. The lowest BCUT2D eigenvalue weighted by Crippen LogP contribution is -2.54. The van der Waals surface area contributed by atoms with Crippen LogP contribution < -0.4 is 5.73 Å². The first kappa shape index (κ1) is 15.8. The highest BCUT2D eigenvalue weighted by atomic mass is 16.5. The van der Waals surface area contributed by atoms with Crippen LogP contribution in [0.25, 0.3) is 0 Å². The molecule has 2 N–H and O–H groups in total. The number of rotatable bonds is 6. The van der Waals surface area contributed by atoms with Crippen molar-refractivity contribution in [3.05, 3.63) is 0 Å². The summed E-state index contributed by atoms with van der Waals surface area (Å²) in [5.41, 5.74) is 6.22. The third-order valence-corrected chi connectivity index (χ3v) is 4.94. The van der Waals surface area contributed by atoms with Gasteiger partial charge in [-0.15, -0.1) is 0 Å². The Bertz CT molecular complexity index is 318. The van der Waals surface area contributed by atoms with Gasteiger partial charge in [0.25, 0.3) is 0 Å². The SMILES string of the molecule is CCOC(=O)CC1CC(N)CN(C(CC)C2CCC2)C1. The third kappa shape index (κ3) is 3.95. The fraction of sp³-hybridized carbons (Fsp3) is 0.938. The molecule has 0 bridgehead atoms. The van der Waals surface area contributed by atoms with E-state index in [0.717, 1.165) is 25.4 Å². The fourth-order valence-electron chi connectivity index (χ4n) is 3.87. The van der Waals surface area contributed by atoms with E-state index in [1.165, 1.54) is 25.7 Å². The van der Waals surface area contributed by atoms with Crippen molar-refractivity contribution in [2.75, 3.05) is 19.7 Å². The molecule has 2 fully saturated rings. The first-order valence-electron chi connectivity index (χ1n) is 8.29. The number of esters is 1. The normalized spacial score (nSPS) is 29.8. The molecule has 0 spiro atoms. The lowest BCUT2D eigenvalue weighted by molar-refractivity contribution is -0.144. The van der Waals surface area contributed by atoms with Crippen LogP contribution in [0.5, 0.6) is 0 Å². The largest absolute Gasteiger partial charge is 0.466 e. The number of carbonyl (C=O) groups excluding carboxylic acids is 1. The number of likely N-dealkylation sites (tertiary alicyclic amines) is 1. The molecule has 1 saturated heterocycles. The smallest absolute Gasteiger partial charge is 0.306 e. The van der Waals surface area contributed by atoms with Crippen LogP contribution >= 0.6 is 0 Å². The molecule has 3 atom stereocenters. The quantitative estimate of drug-likeness (QED) is 0.759. The molecule has 0 aromatic carbocycles. The van der Waals surface area contributed by atoms with Crippen molar-refractivity contribution >= 4 is 5.97 Å². The van der Waals surface area contributed by atoms with Gasteiger partial charge < -0.3 is 10.5 Å². The molecule has 2 aliphatic rings. The van der Waals surface area contributed by atoms with Gasteiger partial charge in [0.15, 0.2) is 0 Å². The van der Waals surface area contributed by atoms with Crippen LogP contribution in [0.4, 0.5) is 0 Å². The van der Waals surface area contributed by atoms with Crippen molar-refractivity contribution in [1.82, 2.24) is 4.90 Å². The van der Waals surface area contributed by atoms with Gasteiger partial charge in [0.05, 0.1) is 6.61 Å². The summed E-state index contributed by atoms with van der Waals surface area (Å²) >= 11 is 0. The molecule has 0 aromatic heterocycles. The summed E-state index contributed by atoms with van der Waals surface area (Å²) in [5.74, 6) is 1.16. The molecule has 2 rings (SSSR count). The van der Waals surface area contributed by atoms with Gasteiger partial charge in [-0.2, -0.15) is 0 Å². The maximum Gasteiger partial charge on any atom is 0.306 e. The van der Waals surface area contributed by atoms with Gasteiger partial charge >= 0.3 is 5.97 Å². The summed E-state index contributed by atoms with van der Waals surface area (Å²) < 4.78 is 5.08. The van der Waals surface area contributed by atoms with Crippen molar-refractivity contribution in [3.8, 4) is 0 Å². The molecule has 1 heterocycles. The number of piperidine rings is 1. The monoisotopic (exact) mass is 282 g/mol. The standard InChI is InChI=1S/C16H30N2O2/c1-3-15(13-6-5-7-13)18-10-12(8-14(17)11-18)9-16(19)20-4-2/h12-15H,3-11,17H2,1-2H3. The van der Waals surface area contributed by atoms with E-state index in [1.54, 1.807) is 0 Å². The summed E-state index contributed by atoms with van der Waals surface area (Å²) in [6.07, 6.45) is 6.80. The summed E-state index contributed by atoms with van der Waals surface area (Å²) in [4.78, 5) is 14.2. The molecule has 20 heavy (non-hydrogen) atoms. The van der Waals surface area contributed by atoms with E-state index in [1.807, 2.05) is 6.92 Å². The van der Waals surface area contributed by atoms with Gasteiger partial charge in [0.2, 0.25) is 0 Å². The Morgan fingerprint density at radius 3 is 2.65 bits per heavy atom. The number of hydrogen-bond donors (Lipinski definition) is 1. The Morgan fingerprint density at radius 1 is 1.35 bits per heavy atom. The van der Waals surface area contributed by atoms with E-state index >= 15 is 0 Å². The Kier molecular flexibility index (Phi) is 5.85. The Morgan fingerprint density at radius 2 is 2.10 bits per heavy atom. The van der Waals surface area contributed by atoms with Gasteiger partial charge in [-0.1, -0.05) is 13.3 Å². The lowest BCUT2D eigenvalue weighted by Gasteiger charge is -2.46. The van der Waals surface area contributed by atoms with E-state index in [0.29, 0.717) is 25.0 Å². The van der Waals surface area contributed by atoms with Crippen molar-refractivity contribution in [2.24, 2.45) is 17.6 Å². The highest BCUT2D eigenvalue weighted by Crippen LogP contribution is 2.35. The topological polar surface area (TPSA) is 55.6 Å². The second kappa shape index (κ2) is 7.41. The molecule has 0 aromatic rings. The van der Waals surface area contributed by atoms with Crippen LogP contribution in [-0.4, -0.2) is 42.6 Å². The van der Waals surface area contributed by atoms with Crippen LogP contribution in [0, 0.1) is 11.8 Å². The summed E-state index contributed by atoms with van der Waals surface area (Å²) in [7, 11) is 0. The van der Waals surface area contributed by atoms with E-state index < -0.39 is 0 Å². The van der Waals surface area contributed by atoms with Crippen molar-refractivity contribution < 1.29 is 9.53 Å². The van der Waals surface area contributed by atoms with Crippen LogP contribution in [0.3, 0.4) is 0 Å². The van der Waals surface area contributed by atoms with Gasteiger partial charge in [0.1, 0.15) is 0 Å². The molecule has 1 aliphatic heterocycles. The molecule has 4 nitrogen and oxygen atoms in total. The van der Waals surface area contributed by atoms with Gasteiger partial charge in [-0.05, 0) is 44.4 Å². The van der Waals surface area contributed by atoms with Crippen molar-refractivity contribution in [3.63, 3.8) is 0 Å². The zero-order chi connectivity index (χ0) is 14.5. The summed E-state index contributed by atoms with van der Waals surface area (Å²) in [6.45, 7) is 6.63. The first-order chi connectivity index (χ1) is 9.63. The van der Waals surface area contributed by atoms with Crippen molar-refractivity contribution in [2.45, 2.75) is 64.5 Å². The summed E-state index contributed by atoms with van der Waals surface area (Å²) in [5, 5.41) is 0. The minimum absolute atomic E-state index is 0.0664. The van der Waals surface area contributed by atoms with Gasteiger partial charge in [0, 0.05) is 31.6 Å². The zero-order valence-corrected chi connectivity index (χ0v) is 13.0. The van der Waals surface area contributed by atoms with Gasteiger partial charge in [-0.3, -0.25) is 9.69 Å². The number of ether oxygens (including phenoxy) is 1. The average molecular weight is 282 g/mol. The van der Waals surface area contributed by atoms with E-state index in [-0.39, 0.29) is 12.0 Å². The van der Waals surface area contributed by atoms with E-state index in [4.69, 9.17) is 10.5 Å². The number of nitrogens with zero attached hydrogens (tertiary/aromatic N) is 1. The van der Waals surface area contributed by atoms with E-state index in [2.05, 4.69) is 11.8 Å². The Hall–Kier alpha value is -0.610. The molecule has 0 radical (unpaired) electrons. The molecular weight excluding hydrogens is 252 g/mol. The predicted octanol–water partition coefficient (Wildman–Crippen LogP) is 2.17. The molecule has 1 aliphatic carbocycles. The Labute approximate surface area is 123 Å². The van der Waals surface area contributed by atoms with Crippen LogP contribution in [0.1, 0.15) is 52.4 Å². The molecule has 4 heteroatoms. The van der Waals surface area contributed by atoms with Crippen molar-refractivity contribution in [1.29, 1.82) is 0 Å². The number of hydrogen-bond acceptors (Lipinski definition) is 4. The molecule has 3 unspecified atom stereocenters. The number of nitrogens with two attached hydrogens (primary N) is 1.